The molecular formula is C11H8FNO2. The summed E-state index contributed by atoms with van der Waals surface area (Å²) in [6, 6.07) is 4.35. The standard InChI is InChI=1S/C11H8FNO2/c1-6-2-3-8(12)7-4-5-13-10(9(6)7)11(14)15/h2-5H,1H3,(H,14,15). The largest absolute Gasteiger partial charge is 0.476 e. The fourth-order valence-electron chi connectivity index (χ4n) is 1.59. The first-order chi connectivity index (χ1) is 7.11. The molecule has 0 aliphatic rings. The van der Waals surface area contributed by atoms with Crippen molar-refractivity contribution in [1.82, 2.24) is 4.98 Å². The highest BCUT2D eigenvalue weighted by molar-refractivity contribution is 6.03. The summed E-state index contributed by atoms with van der Waals surface area (Å²) in [6.07, 6.45) is 1.30. The summed E-state index contributed by atoms with van der Waals surface area (Å²) in [7, 11) is 0. The number of carbonyl (C=O) groups is 1. The molecule has 0 radical (unpaired) electrons. The number of nitrogens with zero attached hydrogens (tertiary/aromatic N) is 1. The van der Waals surface area contributed by atoms with Crippen molar-refractivity contribution in [1.29, 1.82) is 0 Å². The van der Waals surface area contributed by atoms with Gasteiger partial charge in [0.05, 0.1) is 0 Å². The number of hydrogen-bond donors (Lipinski definition) is 1. The molecule has 4 heteroatoms. The number of rotatable bonds is 1. The number of carboxylic acids is 1. The normalized spacial score (nSPS) is 10.5. The van der Waals surface area contributed by atoms with Crippen molar-refractivity contribution in [2.24, 2.45) is 0 Å². The first-order valence-electron chi connectivity index (χ1n) is 4.38. The summed E-state index contributed by atoms with van der Waals surface area (Å²) in [5, 5.41) is 9.57. The van der Waals surface area contributed by atoms with E-state index in [9.17, 15) is 9.18 Å². The Morgan fingerprint density at radius 2 is 2.13 bits per heavy atom. The molecule has 2 rings (SSSR count). The summed E-state index contributed by atoms with van der Waals surface area (Å²) >= 11 is 0. The highest BCUT2D eigenvalue weighted by Crippen LogP contribution is 2.23. The number of aromatic carboxylic acids is 1. The third-order valence-corrected chi connectivity index (χ3v) is 2.28. The molecule has 0 unspecified atom stereocenters. The van der Waals surface area contributed by atoms with E-state index in [0.29, 0.717) is 16.3 Å². The first kappa shape index (κ1) is 9.58. The zero-order valence-corrected chi connectivity index (χ0v) is 7.99. The van der Waals surface area contributed by atoms with Crippen LogP contribution >= 0.6 is 0 Å². The summed E-state index contributed by atoms with van der Waals surface area (Å²) in [5.74, 6) is -1.57. The molecule has 0 atom stereocenters. The van der Waals surface area contributed by atoms with Gasteiger partial charge in [0.25, 0.3) is 0 Å². The molecule has 1 aromatic carbocycles. The molecule has 0 fully saturated rings. The van der Waals surface area contributed by atoms with Gasteiger partial charge in [-0.2, -0.15) is 0 Å². The Balaban J connectivity index is 2.96. The third-order valence-electron chi connectivity index (χ3n) is 2.28. The van der Waals surface area contributed by atoms with E-state index in [2.05, 4.69) is 4.98 Å². The van der Waals surface area contributed by atoms with E-state index in [1.807, 2.05) is 0 Å². The molecule has 1 N–H and O–H groups in total. The minimum Gasteiger partial charge on any atom is -0.476 e. The first-order valence-corrected chi connectivity index (χ1v) is 4.38. The molecule has 0 saturated heterocycles. The highest BCUT2D eigenvalue weighted by Gasteiger charge is 2.13. The lowest BCUT2D eigenvalue weighted by atomic mass is 10.0. The summed E-state index contributed by atoms with van der Waals surface area (Å²) < 4.78 is 13.4. The van der Waals surface area contributed by atoms with Crippen molar-refractivity contribution in [2.75, 3.05) is 0 Å². The van der Waals surface area contributed by atoms with Crippen LogP contribution in [0.1, 0.15) is 16.1 Å². The zero-order valence-electron chi connectivity index (χ0n) is 7.99. The maximum atomic E-state index is 13.4. The van der Waals surface area contributed by atoms with E-state index in [1.54, 1.807) is 13.0 Å². The number of fused-ring (bicyclic) bond motifs is 1. The summed E-state index contributed by atoms with van der Waals surface area (Å²) in [6.45, 7) is 1.73. The van der Waals surface area contributed by atoms with Gasteiger partial charge in [-0.1, -0.05) is 6.07 Å². The van der Waals surface area contributed by atoms with E-state index < -0.39 is 11.8 Å². The molecule has 0 aliphatic carbocycles. The van der Waals surface area contributed by atoms with Gasteiger partial charge in [0.2, 0.25) is 0 Å². The maximum absolute atomic E-state index is 13.4. The van der Waals surface area contributed by atoms with Crippen LogP contribution < -0.4 is 0 Å². The fraction of sp³-hybridized carbons (Fsp3) is 0.0909. The second-order valence-electron chi connectivity index (χ2n) is 3.25. The van der Waals surface area contributed by atoms with Crippen LogP contribution in [0.5, 0.6) is 0 Å². The van der Waals surface area contributed by atoms with Crippen molar-refractivity contribution >= 4 is 16.7 Å². The quantitative estimate of drug-likeness (QED) is 0.777. The Morgan fingerprint density at radius 3 is 2.80 bits per heavy atom. The topological polar surface area (TPSA) is 50.2 Å². The molecule has 0 spiro atoms. The van der Waals surface area contributed by atoms with Gasteiger partial charge >= 0.3 is 5.97 Å². The molecule has 0 amide bonds. The van der Waals surface area contributed by atoms with Gasteiger partial charge < -0.3 is 5.11 Å². The van der Waals surface area contributed by atoms with Crippen LogP contribution in [0.2, 0.25) is 0 Å². The predicted molar refractivity (Wildman–Crippen MR) is 53.4 cm³/mol. The lowest BCUT2D eigenvalue weighted by Gasteiger charge is -2.05. The SMILES string of the molecule is Cc1ccc(F)c2ccnc(C(=O)O)c12. The van der Waals surface area contributed by atoms with Gasteiger partial charge in [0.15, 0.2) is 5.69 Å². The van der Waals surface area contributed by atoms with Crippen molar-refractivity contribution < 1.29 is 14.3 Å². The molecule has 2 aromatic rings. The lowest BCUT2D eigenvalue weighted by Crippen LogP contribution is -2.02. The van der Waals surface area contributed by atoms with Gasteiger partial charge in [-0.15, -0.1) is 0 Å². The zero-order chi connectivity index (χ0) is 11.0. The average Bonchev–Trinajstić information content (AvgIpc) is 2.23. The lowest BCUT2D eigenvalue weighted by molar-refractivity contribution is 0.0693. The molecule has 15 heavy (non-hydrogen) atoms. The second kappa shape index (κ2) is 3.31. The molecule has 1 aromatic heterocycles. The molecule has 3 nitrogen and oxygen atoms in total. The van der Waals surface area contributed by atoms with E-state index in [-0.39, 0.29) is 5.69 Å². The number of aryl methyl sites for hydroxylation is 1. The Morgan fingerprint density at radius 1 is 1.40 bits per heavy atom. The Kier molecular flexibility index (Phi) is 2.11. The van der Waals surface area contributed by atoms with Crippen LogP contribution in [-0.2, 0) is 0 Å². The average molecular weight is 205 g/mol. The van der Waals surface area contributed by atoms with Gasteiger partial charge in [-0.05, 0) is 24.6 Å². The van der Waals surface area contributed by atoms with Crippen LogP contribution in [0, 0.1) is 12.7 Å². The third kappa shape index (κ3) is 1.44. The van der Waals surface area contributed by atoms with Crippen molar-refractivity contribution in [3.8, 4) is 0 Å². The van der Waals surface area contributed by atoms with Gasteiger partial charge in [-0.3, -0.25) is 0 Å². The van der Waals surface area contributed by atoms with E-state index in [0.717, 1.165) is 0 Å². The summed E-state index contributed by atoms with van der Waals surface area (Å²) in [5.41, 5.74) is 0.599. The number of aromatic nitrogens is 1. The highest BCUT2D eigenvalue weighted by atomic mass is 19.1. The fourth-order valence-corrected chi connectivity index (χ4v) is 1.59. The molecular weight excluding hydrogens is 197 g/mol. The maximum Gasteiger partial charge on any atom is 0.355 e. The number of hydrogen-bond acceptors (Lipinski definition) is 2. The monoisotopic (exact) mass is 205 g/mol. The molecule has 1 heterocycles. The number of carboxylic acid groups (broad SMARTS) is 1. The minimum absolute atomic E-state index is 0.107. The molecule has 0 saturated carbocycles. The van der Waals surface area contributed by atoms with Gasteiger partial charge in [-0.25, -0.2) is 14.2 Å². The van der Waals surface area contributed by atoms with Crippen molar-refractivity contribution in [3.63, 3.8) is 0 Å². The van der Waals surface area contributed by atoms with Crippen LogP contribution in [-0.4, -0.2) is 16.1 Å². The summed E-state index contributed by atoms with van der Waals surface area (Å²) in [4.78, 5) is 14.6. The Bertz CT molecular complexity index is 552. The van der Waals surface area contributed by atoms with Crippen molar-refractivity contribution in [2.45, 2.75) is 6.92 Å². The van der Waals surface area contributed by atoms with E-state index >= 15 is 0 Å². The predicted octanol–water partition coefficient (Wildman–Crippen LogP) is 2.38. The molecule has 76 valence electrons. The van der Waals surface area contributed by atoms with E-state index in [4.69, 9.17) is 5.11 Å². The number of benzene rings is 1. The van der Waals surface area contributed by atoms with Gasteiger partial charge in [0.1, 0.15) is 5.82 Å². The van der Waals surface area contributed by atoms with Crippen molar-refractivity contribution in [3.05, 3.63) is 41.5 Å². The second-order valence-corrected chi connectivity index (χ2v) is 3.25. The Hall–Kier alpha value is -1.97. The number of pyridine rings is 1. The molecule has 0 aliphatic heterocycles. The van der Waals surface area contributed by atoms with Crippen LogP contribution in [0.3, 0.4) is 0 Å². The Labute approximate surface area is 85.2 Å². The smallest absolute Gasteiger partial charge is 0.355 e. The van der Waals surface area contributed by atoms with Crippen LogP contribution in [0.4, 0.5) is 4.39 Å². The van der Waals surface area contributed by atoms with E-state index in [1.165, 1.54) is 18.3 Å². The molecule has 0 bridgehead atoms. The van der Waals surface area contributed by atoms with Crippen LogP contribution in [0.25, 0.3) is 10.8 Å². The number of halogens is 1. The minimum atomic E-state index is -1.14. The van der Waals surface area contributed by atoms with Crippen LogP contribution in [0.15, 0.2) is 24.4 Å². The van der Waals surface area contributed by atoms with Gasteiger partial charge in [0, 0.05) is 17.0 Å².